The molecule has 0 spiro atoms. The predicted molar refractivity (Wildman–Crippen MR) is 85.3 cm³/mol. The third-order valence-corrected chi connectivity index (χ3v) is 4.42. The normalized spacial score (nSPS) is 16.6. The van der Waals surface area contributed by atoms with Crippen molar-refractivity contribution < 1.29 is 14.3 Å². The number of ether oxygens (including phenoxy) is 2. The van der Waals surface area contributed by atoms with Crippen molar-refractivity contribution in [1.82, 2.24) is 14.3 Å². The highest BCUT2D eigenvalue weighted by molar-refractivity contribution is 7.15. The summed E-state index contributed by atoms with van der Waals surface area (Å²) in [6.45, 7) is 4.35. The molecule has 0 bridgehead atoms. The van der Waals surface area contributed by atoms with E-state index in [-0.39, 0.29) is 5.97 Å². The Bertz CT molecular complexity index is 676. The first-order valence-electron chi connectivity index (χ1n) is 7.00. The van der Waals surface area contributed by atoms with Gasteiger partial charge in [0.2, 0.25) is 0 Å². The Hall–Kier alpha value is -1.41. The van der Waals surface area contributed by atoms with Crippen LogP contribution in [0.1, 0.15) is 5.69 Å². The van der Waals surface area contributed by atoms with Crippen LogP contribution < -0.4 is 0 Å². The van der Waals surface area contributed by atoms with Crippen LogP contribution in [0.2, 0.25) is 5.15 Å². The summed E-state index contributed by atoms with van der Waals surface area (Å²) in [4.78, 5) is 19.0. The summed E-state index contributed by atoms with van der Waals surface area (Å²) in [5.41, 5.74) is 0.683. The van der Waals surface area contributed by atoms with Gasteiger partial charge in [0.15, 0.2) is 10.1 Å². The van der Waals surface area contributed by atoms with Gasteiger partial charge < -0.3 is 9.47 Å². The molecule has 0 radical (unpaired) electrons. The van der Waals surface area contributed by atoms with E-state index in [2.05, 4.69) is 9.88 Å². The van der Waals surface area contributed by atoms with Gasteiger partial charge in [0.05, 0.1) is 18.9 Å². The number of carbonyl (C=O) groups excluding carboxylic acids is 1. The Kier molecular flexibility index (Phi) is 5.09. The highest BCUT2D eigenvalue weighted by Gasteiger charge is 2.11. The number of morpholine rings is 1. The lowest BCUT2D eigenvalue weighted by atomic mass is 10.4. The minimum Gasteiger partial charge on any atom is -0.461 e. The second-order valence-electron chi connectivity index (χ2n) is 4.80. The van der Waals surface area contributed by atoms with Crippen molar-refractivity contribution in [2.24, 2.45) is 0 Å². The monoisotopic (exact) mass is 341 g/mol. The van der Waals surface area contributed by atoms with E-state index in [0.717, 1.165) is 37.8 Å². The van der Waals surface area contributed by atoms with Gasteiger partial charge in [-0.05, 0) is 6.08 Å². The first-order chi connectivity index (χ1) is 10.7. The van der Waals surface area contributed by atoms with Gasteiger partial charge in [-0.25, -0.2) is 9.78 Å². The first-order valence-corrected chi connectivity index (χ1v) is 8.26. The van der Waals surface area contributed by atoms with Crippen LogP contribution in [0, 0.1) is 0 Å². The summed E-state index contributed by atoms with van der Waals surface area (Å²) in [6, 6.07) is 0. The van der Waals surface area contributed by atoms with Gasteiger partial charge in [-0.3, -0.25) is 9.30 Å². The second-order valence-corrected chi connectivity index (χ2v) is 6.03. The summed E-state index contributed by atoms with van der Waals surface area (Å²) < 4.78 is 12.3. The number of thiazole rings is 1. The Morgan fingerprint density at radius 3 is 3.14 bits per heavy atom. The van der Waals surface area contributed by atoms with Crippen LogP contribution in [0.25, 0.3) is 11.0 Å². The standard InChI is InChI=1S/C14H16ClN3O3S/c15-13-11(18-6-10-22-14(18)16-13)1-2-12(19)21-9-5-17-3-7-20-8-4-17/h1-2,6,10H,3-5,7-9H2. The van der Waals surface area contributed by atoms with Gasteiger partial charge in [0.25, 0.3) is 0 Å². The van der Waals surface area contributed by atoms with Crippen LogP contribution in [-0.4, -0.2) is 59.7 Å². The van der Waals surface area contributed by atoms with Gasteiger partial charge in [0.1, 0.15) is 6.61 Å². The van der Waals surface area contributed by atoms with Crippen LogP contribution in [0.3, 0.4) is 0 Å². The number of rotatable bonds is 5. The maximum absolute atomic E-state index is 11.7. The van der Waals surface area contributed by atoms with E-state index in [1.807, 2.05) is 16.0 Å². The molecular formula is C14H16ClN3O3S. The van der Waals surface area contributed by atoms with Crippen LogP contribution >= 0.6 is 22.9 Å². The van der Waals surface area contributed by atoms with Gasteiger partial charge in [-0.15, -0.1) is 11.3 Å². The Balaban J connectivity index is 1.50. The highest BCUT2D eigenvalue weighted by Crippen LogP contribution is 2.22. The fraction of sp³-hybridized carbons (Fsp3) is 0.429. The van der Waals surface area contributed by atoms with E-state index < -0.39 is 0 Å². The van der Waals surface area contributed by atoms with Gasteiger partial charge in [-0.1, -0.05) is 11.6 Å². The quantitative estimate of drug-likeness (QED) is 0.614. The fourth-order valence-electron chi connectivity index (χ4n) is 2.22. The summed E-state index contributed by atoms with van der Waals surface area (Å²) in [5, 5.41) is 2.29. The van der Waals surface area contributed by atoms with E-state index in [0.29, 0.717) is 17.5 Å². The zero-order valence-electron chi connectivity index (χ0n) is 11.9. The number of nitrogens with zero attached hydrogens (tertiary/aromatic N) is 3. The molecule has 1 fully saturated rings. The average molecular weight is 342 g/mol. The van der Waals surface area contributed by atoms with Crippen LogP contribution in [-0.2, 0) is 14.3 Å². The zero-order chi connectivity index (χ0) is 15.4. The number of esters is 1. The summed E-state index contributed by atoms with van der Waals surface area (Å²) in [7, 11) is 0. The van der Waals surface area contributed by atoms with E-state index in [1.165, 1.54) is 17.4 Å². The molecule has 0 aromatic carbocycles. The summed E-state index contributed by atoms with van der Waals surface area (Å²) in [5.74, 6) is -0.380. The molecule has 3 heterocycles. The molecule has 0 amide bonds. The summed E-state index contributed by atoms with van der Waals surface area (Å²) >= 11 is 7.54. The SMILES string of the molecule is O=C(C=Cc1c(Cl)nc2sccn12)OCCN1CCOCC1. The van der Waals surface area contributed by atoms with Crippen molar-refractivity contribution in [1.29, 1.82) is 0 Å². The van der Waals surface area contributed by atoms with Crippen molar-refractivity contribution in [3.05, 3.63) is 28.5 Å². The molecule has 2 aromatic heterocycles. The highest BCUT2D eigenvalue weighted by atomic mass is 35.5. The topological polar surface area (TPSA) is 56.1 Å². The fourth-order valence-corrected chi connectivity index (χ4v) is 3.23. The average Bonchev–Trinajstić information content (AvgIpc) is 3.07. The van der Waals surface area contributed by atoms with Crippen LogP contribution in [0.15, 0.2) is 17.7 Å². The number of imidazole rings is 1. The Morgan fingerprint density at radius 1 is 1.50 bits per heavy atom. The zero-order valence-corrected chi connectivity index (χ0v) is 13.5. The smallest absolute Gasteiger partial charge is 0.330 e. The maximum Gasteiger partial charge on any atom is 0.330 e. The molecule has 1 aliphatic heterocycles. The number of hydrogen-bond acceptors (Lipinski definition) is 6. The molecule has 118 valence electrons. The molecule has 3 rings (SSSR count). The Morgan fingerprint density at radius 2 is 2.32 bits per heavy atom. The van der Waals surface area contributed by atoms with Crippen molar-refractivity contribution in [3.63, 3.8) is 0 Å². The van der Waals surface area contributed by atoms with E-state index in [4.69, 9.17) is 21.1 Å². The van der Waals surface area contributed by atoms with Gasteiger partial charge in [0, 0.05) is 37.3 Å². The van der Waals surface area contributed by atoms with Crippen molar-refractivity contribution in [3.8, 4) is 0 Å². The minimum absolute atomic E-state index is 0.372. The lowest BCUT2D eigenvalue weighted by molar-refractivity contribution is -0.138. The third kappa shape index (κ3) is 3.67. The molecule has 0 saturated carbocycles. The maximum atomic E-state index is 11.7. The van der Waals surface area contributed by atoms with Crippen molar-refractivity contribution >= 4 is 39.9 Å². The molecule has 22 heavy (non-hydrogen) atoms. The number of halogens is 1. The van der Waals surface area contributed by atoms with E-state index >= 15 is 0 Å². The summed E-state index contributed by atoms with van der Waals surface area (Å²) in [6.07, 6.45) is 4.88. The van der Waals surface area contributed by atoms with Crippen molar-refractivity contribution in [2.45, 2.75) is 0 Å². The Labute approximate surface area is 136 Å². The molecule has 0 aliphatic carbocycles. The predicted octanol–water partition coefficient (Wildman–Crippen LogP) is 1.94. The first kappa shape index (κ1) is 15.5. The molecule has 0 atom stereocenters. The largest absolute Gasteiger partial charge is 0.461 e. The van der Waals surface area contributed by atoms with Gasteiger partial charge >= 0.3 is 5.97 Å². The van der Waals surface area contributed by atoms with Crippen molar-refractivity contribution in [2.75, 3.05) is 39.5 Å². The minimum atomic E-state index is -0.380. The lowest BCUT2D eigenvalue weighted by Crippen LogP contribution is -2.38. The molecule has 0 N–H and O–H groups in total. The number of carbonyl (C=O) groups is 1. The third-order valence-electron chi connectivity index (χ3n) is 3.39. The molecule has 0 unspecified atom stereocenters. The molecule has 8 heteroatoms. The molecule has 6 nitrogen and oxygen atoms in total. The molecule has 1 aliphatic rings. The van der Waals surface area contributed by atoms with Crippen LogP contribution in [0.4, 0.5) is 0 Å². The number of hydrogen-bond donors (Lipinski definition) is 0. The second kappa shape index (κ2) is 7.23. The number of aromatic nitrogens is 2. The van der Waals surface area contributed by atoms with E-state index in [9.17, 15) is 4.79 Å². The van der Waals surface area contributed by atoms with Gasteiger partial charge in [-0.2, -0.15) is 0 Å². The number of fused-ring (bicyclic) bond motifs is 1. The lowest BCUT2D eigenvalue weighted by Gasteiger charge is -2.25. The molecule has 2 aromatic rings. The molecule has 1 saturated heterocycles. The molecular weight excluding hydrogens is 326 g/mol. The van der Waals surface area contributed by atoms with E-state index in [1.54, 1.807) is 6.08 Å². The van der Waals surface area contributed by atoms with Crippen LogP contribution in [0.5, 0.6) is 0 Å².